The maximum atomic E-state index is 4.94. The van der Waals surface area contributed by atoms with Crippen molar-refractivity contribution in [3.05, 3.63) is 35.9 Å². The Morgan fingerprint density at radius 1 is 0.931 bits per heavy atom. The first kappa shape index (κ1) is 22.1. The number of nitrogens with zero attached hydrogens (tertiary/aromatic N) is 5. The fourth-order valence-corrected chi connectivity index (χ4v) is 4.19. The van der Waals surface area contributed by atoms with Crippen LogP contribution in [0.4, 0.5) is 0 Å². The molecule has 162 valence electrons. The van der Waals surface area contributed by atoms with Gasteiger partial charge < -0.3 is 20.0 Å². The quantitative estimate of drug-likeness (QED) is 0.429. The Hall–Kier alpha value is -1.63. The lowest BCUT2D eigenvalue weighted by Gasteiger charge is -2.36. The number of nitrogens with one attached hydrogen (secondary N) is 1. The minimum atomic E-state index is 0.916. The molecule has 0 atom stereocenters. The van der Waals surface area contributed by atoms with Gasteiger partial charge in [0, 0.05) is 58.9 Å². The highest BCUT2D eigenvalue weighted by Crippen LogP contribution is 2.09. The molecule has 0 radical (unpaired) electrons. The van der Waals surface area contributed by atoms with Crippen LogP contribution in [0.3, 0.4) is 0 Å². The molecular formula is C23H40N6. The van der Waals surface area contributed by atoms with Crippen molar-refractivity contribution in [1.82, 2.24) is 24.9 Å². The van der Waals surface area contributed by atoms with E-state index in [-0.39, 0.29) is 0 Å². The van der Waals surface area contributed by atoms with Gasteiger partial charge in [0.05, 0.1) is 0 Å². The van der Waals surface area contributed by atoms with Gasteiger partial charge >= 0.3 is 0 Å². The Morgan fingerprint density at radius 3 is 2.45 bits per heavy atom. The van der Waals surface area contributed by atoms with Gasteiger partial charge in [-0.2, -0.15) is 0 Å². The summed E-state index contributed by atoms with van der Waals surface area (Å²) in [6, 6.07) is 10.8. The van der Waals surface area contributed by atoms with Crippen LogP contribution in [-0.4, -0.2) is 105 Å². The van der Waals surface area contributed by atoms with E-state index < -0.39 is 0 Å². The van der Waals surface area contributed by atoms with Crippen LogP contribution in [0.2, 0.25) is 0 Å². The normalized spacial score (nSPS) is 20.6. The van der Waals surface area contributed by atoms with Crippen LogP contribution in [0.1, 0.15) is 25.3 Å². The molecule has 2 heterocycles. The van der Waals surface area contributed by atoms with E-state index in [1.165, 1.54) is 44.7 Å². The maximum Gasteiger partial charge on any atom is 0.194 e. The van der Waals surface area contributed by atoms with Gasteiger partial charge in [-0.25, -0.2) is 0 Å². The van der Waals surface area contributed by atoms with E-state index in [1.807, 2.05) is 0 Å². The molecular weight excluding hydrogens is 360 g/mol. The zero-order valence-electron chi connectivity index (χ0n) is 18.5. The molecule has 2 aliphatic heterocycles. The van der Waals surface area contributed by atoms with Gasteiger partial charge in [-0.1, -0.05) is 30.3 Å². The van der Waals surface area contributed by atoms with Crippen LogP contribution in [0.25, 0.3) is 0 Å². The van der Waals surface area contributed by atoms with Crippen LogP contribution in [0.5, 0.6) is 0 Å². The summed E-state index contributed by atoms with van der Waals surface area (Å²) in [5.74, 6) is 1.10. The van der Waals surface area contributed by atoms with E-state index in [2.05, 4.69) is 69.2 Å². The minimum absolute atomic E-state index is 0.916. The molecule has 1 N–H and O–H groups in total. The Bertz CT molecular complexity index is 597. The molecule has 0 aliphatic carbocycles. The third-order valence-corrected chi connectivity index (χ3v) is 5.96. The van der Waals surface area contributed by atoms with Gasteiger partial charge in [0.25, 0.3) is 0 Å². The highest BCUT2D eigenvalue weighted by atomic mass is 15.3. The fraction of sp³-hybridized carbons (Fsp3) is 0.696. The van der Waals surface area contributed by atoms with E-state index in [4.69, 9.17) is 4.99 Å². The Balaban J connectivity index is 1.41. The number of rotatable bonds is 7. The number of aliphatic imine (C=N–C) groups is 1. The zero-order chi connectivity index (χ0) is 20.3. The Labute approximate surface area is 177 Å². The summed E-state index contributed by atoms with van der Waals surface area (Å²) in [5, 5.41) is 3.51. The molecule has 3 rings (SSSR count). The molecule has 0 unspecified atom stereocenters. The summed E-state index contributed by atoms with van der Waals surface area (Å²) in [6.07, 6.45) is 2.43. The third-order valence-electron chi connectivity index (χ3n) is 5.96. The first-order chi connectivity index (χ1) is 14.2. The lowest BCUT2D eigenvalue weighted by atomic mass is 10.2. The molecule has 29 heavy (non-hydrogen) atoms. The van der Waals surface area contributed by atoms with Crippen molar-refractivity contribution in [2.75, 3.05) is 79.0 Å². The molecule has 6 heteroatoms. The fourth-order valence-electron chi connectivity index (χ4n) is 4.19. The van der Waals surface area contributed by atoms with Gasteiger partial charge in [-0.05, 0) is 52.0 Å². The Kier molecular flexibility index (Phi) is 9.25. The van der Waals surface area contributed by atoms with Gasteiger partial charge in [0.2, 0.25) is 0 Å². The molecule has 0 spiro atoms. The standard InChI is InChI=1S/C23H40N6/c1-3-24-23(25-11-7-13-27-14-8-12-26(2)15-16-27)29-19-17-28(18-20-29)21-22-9-5-4-6-10-22/h4-6,9-10H,3,7-8,11-21H2,1-2H3,(H,24,25). The van der Waals surface area contributed by atoms with Crippen LogP contribution in [0.15, 0.2) is 35.3 Å². The van der Waals surface area contributed by atoms with Crippen LogP contribution in [-0.2, 0) is 6.54 Å². The number of hydrogen-bond donors (Lipinski definition) is 1. The number of piperazine rings is 1. The SMILES string of the molecule is CCNC(=NCCCN1CCCN(C)CC1)N1CCN(Cc2ccccc2)CC1. The van der Waals surface area contributed by atoms with Crippen LogP contribution in [0, 0.1) is 0 Å². The first-order valence-electron chi connectivity index (χ1n) is 11.4. The molecule has 2 fully saturated rings. The van der Waals surface area contributed by atoms with E-state index >= 15 is 0 Å². The van der Waals surface area contributed by atoms with Crippen molar-refractivity contribution in [3.8, 4) is 0 Å². The maximum absolute atomic E-state index is 4.94. The summed E-state index contributed by atoms with van der Waals surface area (Å²) >= 11 is 0. The monoisotopic (exact) mass is 400 g/mol. The summed E-state index contributed by atoms with van der Waals surface area (Å²) in [7, 11) is 2.23. The zero-order valence-corrected chi connectivity index (χ0v) is 18.5. The van der Waals surface area contributed by atoms with E-state index in [9.17, 15) is 0 Å². The highest BCUT2D eigenvalue weighted by molar-refractivity contribution is 5.80. The van der Waals surface area contributed by atoms with Crippen molar-refractivity contribution in [3.63, 3.8) is 0 Å². The second kappa shape index (κ2) is 12.2. The molecule has 0 bridgehead atoms. The molecule has 1 aromatic carbocycles. The number of benzene rings is 1. The summed E-state index contributed by atoms with van der Waals surface area (Å²) in [6.45, 7) is 15.4. The van der Waals surface area contributed by atoms with E-state index in [1.54, 1.807) is 0 Å². The lowest BCUT2D eigenvalue weighted by Crippen LogP contribution is -2.52. The molecule has 0 saturated carbocycles. The highest BCUT2D eigenvalue weighted by Gasteiger charge is 2.19. The summed E-state index contributed by atoms with van der Waals surface area (Å²) < 4.78 is 0. The van der Waals surface area contributed by atoms with Gasteiger partial charge in [-0.3, -0.25) is 9.89 Å². The second-order valence-corrected chi connectivity index (χ2v) is 8.34. The van der Waals surface area contributed by atoms with E-state index in [0.717, 1.165) is 58.2 Å². The topological polar surface area (TPSA) is 37.4 Å². The average molecular weight is 401 g/mol. The van der Waals surface area contributed by atoms with Crippen molar-refractivity contribution in [2.45, 2.75) is 26.3 Å². The summed E-state index contributed by atoms with van der Waals surface area (Å²) in [4.78, 5) is 15.0. The Morgan fingerprint density at radius 2 is 1.69 bits per heavy atom. The molecule has 2 saturated heterocycles. The van der Waals surface area contributed by atoms with Crippen LogP contribution >= 0.6 is 0 Å². The summed E-state index contributed by atoms with van der Waals surface area (Å²) in [5.41, 5.74) is 1.40. The van der Waals surface area contributed by atoms with Crippen molar-refractivity contribution >= 4 is 5.96 Å². The lowest BCUT2D eigenvalue weighted by molar-refractivity contribution is 0.172. The minimum Gasteiger partial charge on any atom is -0.357 e. The van der Waals surface area contributed by atoms with Gasteiger partial charge in [-0.15, -0.1) is 0 Å². The predicted molar refractivity (Wildman–Crippen MR) is 122 cm³/mol. The number of hydrogen-bond acceptors (Lipinski definition) is 4. The first-order valence-corrected chi connectivity index (χ1v) is 11.4. The number of likely N-dealkylation sites (N-methyl/N-ethyl adjacent to an activating group) is 1. The predicted octanol–water partition coefficient (Wildman–Crippen LogP) is 1.80. The molecule has 0 amide bonds. The largest absolute Gasteiger partial charge is 0.357 e. The molecule has 1 aromatic rings. The van der Waals surface area contributed by atoms with Gasteiger partial charge in [0.15, 0.2) is 5.96 Å². The van der Waals surface area contributed by atoms with Crippen molar-refractivity contribution in [1.29, 1.82) is 0 Å². The second-order valence-electron chi connectivity index (χ2n) is 8.34. The smallest absolute Gasteiger partial charge is 0.194 e. The molecule has 2 aliphatic rings. The third kappa shape index (κ3) is 7.61. The average Bonchev–Trinajstić information content (AvgIpc) is 2.96. The van der Waals surface area contributed by atoms with Crippen molar-refractivity contribution < 1.29 is 0 Å². The van der Waals surface area contributed by atoms with Crippen molar-refractivity contribution in [2.24, 2.45) is 4.99 Å². The van der Waals surface area contributed by atoms with Crippen LogP contribution < -0.4 is 5.32 Å². The molecule has 6 nitrogen and oxygen atoms in total. The number of guanidine groups is 1. The van der Waals surface area contributed by atoms with Gasteiger partial charge in [0.1, 0.15) is 0 Å². The molecule has 0 aromatic heterocycles. The van der Waals surface area contributed by atoms with E-state index in [0.29, 0.717) is 0 Å².